The van der Waals surface area contributed by atoms with Crippen LogP contribution in [0.1, 0.15) is 44.2 Å². The van der Waals surface area contributed by atoms with Crippen LogP contribution in [-0.4, -0.2) is 51.6 Å². The molecule has 1 heterocycles. The second kappa shape index (κ2) is 14.9. The van der Waals surface area contributed by atoms with E-state index < -0.39 is 0 Å². The van der Waals surface area contributed by atoms with Crippen LogP contribution >= 0.6 is 24.0 Å². The minimum Gasteiger partial charge on any atom is -0.488 e. The van der Waals surface area contributed by atoms with Gasteiger partial charge in [-0.1, -0.05) is 12.1 Å². The fourth-order valence-corrected chi connectivity index (χ4v) is 2.87. The van der Waals surface area contributed by atoms with E-state index in [9.17, 15) is 0 Å². The average molecular weight is 505 g/mol. The second-order valence-corrected chi connectivity index (χ2v) is 6.74. The number of unbranched alkanes of at least 4 members (excludes halogenated alkanes) is 1. The van der Waals surface area contributed by atoms with Crippen molar-refractivity contribution in [2.45, 2.75) is 52.7 Å². The molecule has 1 atom stereocenters. The molecular formula is C21H36IN3O3. The summed E-state index contributed by atoms with van der Waals surface area (Å²) in [4.78, 5) is 4.73. The van der Waals surface area contributed by atoms with E-state index in [1.54, 1.807) is 0 Å². The number of nitrogens with zero attached hydrogens (tertiary/aromatic N) is 1. The van der Waals surface area contributed by atoms with Gasteiger partial charge in [-0.25, -0.2) is 4.99 Å². The number of nitrogens with one attached hydrogen (secondary N) is 2. The Morgan fingerprint density at radius 3 is 2.82 bits per heavy atom. The highest BCUT2D eigenvalue weighted by molar-refractivity contribution is 14.0. The van der Waals surface area contributed by atoms with Crippen molar-refractivity contribution in [3.63, 3.8) is 0 Å². The first-order valence-electron chi connectivity index (χ1n) is 10.2. The maximum absolute atomic E-state index is 6.17. The number of rotatable bonds is 11. The Morgan fingerprint density at radius 2 is 2.11 bits per heavy atom. The smallest absolute Gasteiger partial charge is 0.191 e. The van der Waals surface area contributed by atoms with E-state index in [1.165, 1.54) is 5.56 Å². The summed E-state index contributed by atoms with van der Waals surface area (Å²) in [5.74, 6) is 1.76. The van der Waals surface area contributed by atoms with Crippen molar-refractivity contribution in [1.29, 1.82) is 0 Å². The van der Waals surface area contributed by atoms with Gasteiger partial charge in [0.05, 0.1) is 19.8 Å². The second-order valence-electron chi connectivity index (χ2n) is 6.74. The predicted octanol–water partition coefficient (Wildman–Crippen LogP) is 3.65. The summed E-state index contributed by atoms with van der Waals surface area (Å²) in [7, 11) is 0. The van der Waals surface area contributed by atoms with Crippen LogP contribution < -0.4 is 15.4 Å². The van der Waals surface area contributed by atoms with Crippen molar-refractivity contribution < 1.29 is 14.2 Å². The highest BCUT2D eigenvalue weighted by Gasteiger charge is 2.18. The molecular weight excluding hydrogens is 469 g/mol. The zero-order chi connectivity index (χ0) is 19.3. The van der Waals surface area contributed by atoms with Gasteiger partial charge in [-0.2, -0.15) is 0 Å². The lowest BCUT2D eigenvalue weighted by molar-refractivity contribution is 0.140. The van der Waals surface area contributed by atoms with Gasteiger partial charge >= 0.3 is 0 Å². The van der Waals surface area contributed by atoms with Crippen molar-refractivity contribution in [3.8, 4) is 5.75 Å². The topological polar surface area (TPSA) is 64.1 Å². The van der Waals surface area contributed by atoms with Crippen LogP contribution in [-0.2, 0) is 16.0 Å². The standard InChI is InChI=1S/C21H35N3O3.HI/c1-4-22-21(23-11-6-7-12-25-5-2)24-15-18-9-8-17(3)14-20(18)27-19-10-13-26-16-19;/h8-9,14,19H,4-7,10-13,15-16H2,1-3H3,(H2,22,23,24);1H. The third-order valence-corrected chi connectivity index (χ3v) is 4.37. The van der Waals surface area contributed by atoms with Gasteiger partial charge < -0.3 is 24.8 Å². The molecule has 0 bridgehead atoms. The van der Waals surface area contributed by atoms with Crippen LogP contribution in [0, 0.1) is 6.92 Å². The van der Waals surface area contributed by atoms with Crippen LogP contribution in [0.4, 0.5) is 0 Å². The summed E-state index contributed by atoms with van der Waals surface area (Å²) >= 11 is 0. The van der Waals surface area contributed by atoms with E-state index in [0.717, 1.165) is 69.4 Å². The van der Waals surface area contributed by atoms with Crippen LogP contribution in [0.15, 0.2) is 23.2 Å². The maximum atomic E-state index is 6.17. The molecule has 2 rings (SSSR count). The normalized spacial score (nSPS) is 16.5. The van der Waals surface area contributed by atoms with Gasteiger partial charge in [-0.05, 0) is 45.2 Å². The van der Waals surface area contributed by atoms with E-state index in [-0.39, 0.29) is 30.1 Å². The Hall–Kier alpha value is -1.06. The molecule has 7 heteroatoms. The van der Waals surface area contributed by atoms with E-state index in [4.69, 9.17) is 19.2 Å². The first-order valence-corrected chi connectivity index (χ1v) is 10.2. The first-order chi connectivity index (χ1) is 13.2. The fraction of sp³-hybridized carbons (Fsp3) is 0.667. The first kappa shape index (κ1) is 25.0. The molecule has 1 aromatic carbocycles. The molecule has 1 fully saturated rings. The van der Waals surface area contributed by atoms with E-state index in [0.29, 0.717) is 13.2 Å². The molecule has 1 aliphatic rings. The summed E-state index contributed by atoms with van der Waals surface area (Å²) in [5, 5.41) is 6.70. The van der Waals surface area contributed by atoms with Crippen molar-refractivity contribution in [2.75, 3.05) is 39.5 Å². The van der Waals surface area contributed by atoms with Gasteiger partial charge in [0.1, 0.15) is 11.9 Å². The van der Waals surface area contributed by atoms with Gasteiger partial charge in [0.2, 0.25) is 0 Å². The van der Waals surface area contributed by atoms with Crippen molar-refractivity contribution in [1.82, 2.24) is 10.6 Å². The number of halogens is 1. The van der Waals surface area contributed by atoms with Crippen LogP contribution in [0.5, 0.6) is 5.75 Å². The number of aryl methyl sites for hydroxylation is 1. The summed E-state index contributed by atoms with van der Waals surface area (Å²) in [6.45, 7) is 11.5. The van der Waals surface area contributed by atoms with E-state index in [1.807, 2.05) is 6.92 Å². The zero-order valence-corrected chi connectivity index (χ0v) is 19.8. The molecule has 28 heavy (non-hydrogen) atoms. The van der Waals surface area contributed by atoms with Crippen molar-refractivity contribution in [2.24, 2.45) is 4.99 Å². The summed E-state index contributed by atoms with van der Waals surface area (Å²) < 4.78 is 17.0. The predicted molar refractivity (Wildman–Crippen MR) is 125 cm³/mol. The van der Waals surface area contributed by atoms with E-state index in [2.05, 4.69) is 42.7 Å². The molecule has 1 saturated heterocycles. The summed E-state index contributed by atoms with van der Waals surface area (Å²) in [6, 6.07) is 6.31. The lowest BCUT2D eigenvalue weighted by Gasteiger charge is -2.16. The number of aliphatic imine (C=N–C) groups is 1. The quantitative estimate of drug-likeness (QED) is 0.208. The maximum Gasteiger partial charge on any atom is 0.191 e. The molecule has 0 amide bonds. The molecule has 160 valence electrons. The molecule has 0 radical (unpaired) electrons. The number of ether oxygens (including phenoxy) is 3. The van der Waals surface area contributed by atoms with Gasteiger partial charge in [0.15, 0.2) is 5.96 Å². The zero-order valence-electron chi connectivity index (χ0n) is 17.5. The number of benzene rings is 1. The number of guanidine groups is 1. The van der Waals surface area contributed by atoms with Gasteiger partial charge in [-0.15, -0.1) is 24.0 Å². The summed E-state index contributed by atoms with van der Waals surface area (Å²) in [5.41, 5.74) is 2.29. The van der Waals surface area contributed by atoms with Crippen LogP contribution in [0.2, 0.25) is 0 Å². The fourth-order valence-electron chi connectivity index (χ4n) is 2.87. The average Bonchev–Trinajstić information content (AvgIpc) is 3.16. The van der Waals surface area contributed by atoms with Crippen molar-refractivity contribution in [3.05, 3.63) is 29.3 Å². The molecule has 0 aromatic heterocycles. The highest BCUT2D eigenvalue weighted by Crippen LogP contribution is 2.24. The Bertz CT molecular complexity index is 578. The van der Waals surface area contributed by atoms with Gasteiger partial charge in [0, 0.05) is 38.3 Å². The van der Waals surface area contributed by atoms with Gasteiger partial charge in [0.25, 0.3) is 0 Å². The number of hydrogen-bond donors (Lipinski definition) is 2. The molecule has 6 nitrogen and oxygen atoms in total. The van der Waals surface area contributed by atoms with Crippen molar-refractivity contribution >= 4 is 29.9 Å². The minimum absolute atomic E-state index is 0. The Balaban J connectivity index is 0.00000392. The van der Waals surface area contributed by atoms with Crippen LogP contribution in [0.3, 0.4) is 0 Å². The molecule has 1 unspecified atom stereocenters. The Kier molecular flexibility index (Phi) is 13.3. The Morgan fingerprint density at radius 1 is 1.25 bits per heavy atom. The number of hydrogen-bond acceptors (Lipinski definition) is 4. The van der Waals surface area contributed by atoms with Crippen LogP contribution in [0.25, 0.3) is 0 Å². The SMILES string of the molecule is CCNC(=NCc1ccc(C)cc1OC1CCOC1)NCCCCOCC.I. The molecule has 0 saturated carbocycles. The minimum atomic E-state index is 0. The Labute approximate surface area is 186 Å². The summed E-state index contributed by atoms with van der Waals surface area (Å²) in [6.07, 6.45) is 3.21. The van der Waals surface area contributed by atoms with E-state index >= 15 is 0 Å². The lowest BCUT2D eigenvalue weighted by atomic mass is 10.1. The molecule has 1 aromatic rings. The lowest BCUT2D eigenvalue weighted by Crippen LogP contribution is -2.37. The molecule has 2 N–H and O–H groups in total. The monoisotopic (exact) mass is 505 g/mol. The van der Waals surface area contributed by atoms with Gasteiger partial charge in [-0.3, -0.25) is 0 Å². The molecule has 0 aliphatic carbocycles. The molecule has 1 aliphatic heterocycles. The largest absolute Gasteiger partial charge is 0.488 e. The highest BCUT2D eigenvalue weighted by atomic mass is 127. The molecule has 0 spiro atoms. The third-order valence-electron chi connectivity index (χ3n) is 4.37. The third kappa shape index (κ3) is 9.43.